The lowest BCUT2D eigenvalue weighted by atomic mass is 10.0. The van der Waals surface area contributed by atoms with E-state index in [-0.39, 0.29) is 15.9 Å². The van der Waals surface area contributed by atoms with Crippen molar-refractivity contribution in [3.05, 3.63) is 214 Å². The topological polar surface area (TPSA) is 17.1 Å². The van der Waals surface area contributed by atoms with Crippen molar-refractivity contribution in [3.63, 3.8) is 0 Å². The van der Waals surface area contributed by atoms with Crippen molar-refractivity contribution in [2.24, 2.45) is 0 Å². The highest BCUT2D eigenvalue weighted by atomic mass is 32.2. The Bertz CT molecular complexity index is 1850. The van der Waals surface area contributed by atoms with Crippen molar-refractivity contribution >= 4 is 34.9 Å². The fourth-order valence-electron chi connectivity index (χ4n) is 5.75. The third-order valence-electron chi connectivity index (χ3n) is 8.03. The highest BCUT2D eigenvalue weighted by Gasteiger charge is 2.27. The summed E-state index contributed by atoms with van der Waals surface area (Å²) in [6, 6.07) is 62.8. The molecule has 228 valence electrons. The number of hydrogen-bond donors (Lipinski definition) is 0. The third-order valence-corrected chi connectivity index (χ3v) is 12.3. The highest BCUT2D eigenvalue weighted by Crippen LogP contribution is 2.51. The molecule has 0 atom stereocenters. The number of rotatable bonds is 10. The van der Waals surface area contributed by atoms with Crippen LogP contribution in [0.3, 0.4) is 0 Å². The molecule has 1 heterocycles. The van der Waals surface area contributed by atoms with Gasteiger partial charge in [0.2, 0.25) is 0 Å². The van der Waals surface area contributed by atoms with E-state index in [9.17, 15) is 0 Å². The van der Waals surface area contributed by atoms with E-state index < -0.39 is 0 Å². The summed E-state index contributed by atoms with van der Waals surface area (Å²) in [7, 11) is 0. The molecule has 47 heavy (non-hydrogen) atoms. The Labute approximate surface area is 289 Å². The van der Waals surface area contributed by atoms with E-state index in [1.807, 2.05) is 36.4 Å². The SMILES string of the molecule is O=c1c(-c2ccccc2)c(SC(c2ccccc2)c2ccccc2)sc(SC(c2ccccc2)c2ccccc2)c1-c1ccccc1. The Hall–Kier alpha value is -4.61. The van der Waals surface area contributed by atoms with Crippen LogP contribution in [0.25, 0.3) is 22.3 Å². The number of thioether (sulfide) groups is 2. The number of hydrogen-bond acceptors (Lipinski definition) is 4. The molecule has 1 nitrogen and oxygen atoms in total. The Morgan fingerprint density at radius 2 is 0.617 bits per heavy atom. The maximum Gasteiger partial charge on any atom is 0.198 e. The summed E-state index contributed by atoms with van der Waals surface area (Å²) in [6.07, 6.45) is 0. The van der Waals surface area contributed by atoms with Gasteiger partial charge in [-0.3, -0.25) is 4.79 Å². The zero-order valence-corrected chi connectivity index (χ0v) is 28.1. The molecular weight excluding hydrogens is 629 g/mol. The smallest absolute Gasteiger partial charge is 0.198 e. The lowest BCUT2D eigenvalue weighted by Gasteiger charge is -2.23. The monoisotopic (exact) mass is 660 g/mol. The van der Waals surface area contributed by atoms with Crippen LogP contribution < -0.4 is 5.43 Å². The minimum atomic E-state index is 0.00924. The second kappa shape index (κ2) is 14.9. The van der Waals surface area contributed by atoms with Crippen molar-refractivity contribution in [1.82, 2.24) is 0 Å². The first-order chi connectivity index (χ1) is 23.3. The van der Waals surface area contributed by atoms with Gasteiger partial charge < -0.3 is 0 Å². The average molecular weight is 661 g/mol. The van der Waals surface area contributed by atoms with E-state index in [1.54, 1.807) is 34.9 Å². The minimum absolute atomic E-state index is 0.00924. The number of benzene rings is 6. The molecule has 1 aromatic heterocycles. The van der Waals surface area contributed by atoms with Gasteiger partial charge in [-0.05, 0) is 33.4 Å². The molecule has 4 heteroatoms. The van der Waals surface area contributed by atoms with Gasteiger partial charge in [-0.1, -0.05) is 182 Å². The molecule has 0 spiro atoms. The van der Waals surface area contributed by atoms with Crippen LogP contribution in [0.15, 0.2) is 195 Å². The summed E-state index contributed by atoms with van der Waals surface area (Å²) in [5, 5.41) is 0.0185. The van der Waals surface area contributed by atoms with Crippen LogP contribution in [0.1, 0.15) is 32.8 Å². The molecule has 0 bridgehead atoms. The summed E-state index contributed by atoms with van der Waals surface area (Å²) in [6.45, 7) is 0. The van der Waals surface area contributed by atoms with Crippen LogP contribution in [0.5, 0.6) is 0 Å². The van der Waals surface area contributed by atoms with Crippen molar-refractivity contribution in [3.8, 4) is 22.3 Å². The fourth-order valence-corrected chi connectivity index (χ4v) is 10.4. The largest absolute Gasteiger partial charge is 0.288 e. The molecule has 0 saturated heterocycles. The molecule has 0 unspecified atom stereocenters. The second-order valence-corrected chi connectivity index (χ2v) is 14.9. The standard InChI is InChI=1S/C43H32OS3/c44-39-37(31-19-7-1-8-20-31)42(45-40(33-23-11-3-12-24-33)34-25-13-4-14-26-34)47-43(38(39)32-21-9-2-10-22-32)46-41(35-27-15-5-16-28-35)36-29-17-6-18-30-36/h1-30,40-41H. The Balaban J connectivity index is 1.47. The zero-order valence-electron chi connectivity index (χ0n) is 25.6. The summed E-state index contributed by atoms with van der Waals surface area (Å²) in [5.41, 5.74) is 8.27. The van der Waals surface area contributed by atoms with Gasteiger partial charge in [0, 0.05) is 0 Å². The van der Waals surface area contributed by atoms with Gasteiger partial charge in [0.1, 0.15) is 0 Å². The maximum absolute atomic E-state index is 15.1. The molecule has 0 amide bonds. The van der Waals surface area contributed by atoms with E-state index >= 15 is 4.79 Å². The predicted molar refractivity (Wildman–Crippen MR) is 203 cm³/mol. The molecule has 0 aliphatic heterocycles. The van der Waals surface area contributed by atoms with E-state index in [0.717, 1.165) is 30.7 Å². The molecule has 0 radical (unpaired) electrons. The van der Waals surface area contributed by atoms with Gasteiger partial charge in [0.15, 0.2) is 5.43 Å². The van der Waals surface area contributed by atoms with Crippen LogP contribution in [-0.4, -0.2) is 0 Å². The Kier molecular flexibility index (Phi) is 9.81. The minimum Gasteiger partial charge on any atom is -0.288 e. The Morgan fingerprint density at radius 3 is 0.894 bits per heavy atom. The second-order valence-electron chi connectivity index (χ2n) is 11.1. The maximum atomic E-state index is 15.1. The van der Waals surface area contributed by atoms with Crippen LogP contribution in [0.4, 0.5) is 0 Å². The third kappa shape index (κ3) is 7.06. The van der Waals surface area contributed by atoms with E-state index in [2.05, 4.69) is 146 Å². The summed E-state index contributed by atoms with van der Waals surface area (Å²) in [5.74, 6) is 0. The molecule has 0 aliphatic carbocycles. The zero-order chi connectivity index (χ0) is 31.8. The van der Waals surface area contributed by atoms with Crippen molar-refractivity contribution in [1.29, 1.82) is 0 Å². The van der Waals surface area contributed by atoms with Crippen molar-refractivity contribution < 1.29 is 0 Å². The predicted octanol–water partition coefficient (Wildman–Crippen LogP) is 12.2. The van der Waals surface area contributed by atoms with Gasteiger partial charge in [0.25, 0.3) is 0 Å². The lowest BCUT2D eigenvalue weighted by Crippen LogP contribution is -2.11. The molecule has 0 fully saturated rings. The normalized spacial score (nSPS) is 11.2. The first-order valence-corrected chi connectivity index (χ1v) is 18.2. The molecular formula is C43H32OS3. The lowest BCUT2D eigenvalue weighted by molar-refractivity contribution is 1.15. The van der Waals surface area contributed by atoms with E-state index in [0.29, 0.717) is 0 Å². The molecule has 0 saturated carbocycles. The highest BCUT2D eigenvalue weighted by molar-refractivity contribution is 8.04. The van der Waals surface area contributed by atoms with Gasteiger partial charge >= 0.3 is 0 Å². The van der Waals surface area contributed by atoms with Crippen LogP contribution in [0, 0.1) is 0 Å². The van der Waals surface area contributed by atoms with E-state index in [4.69, 9.17) is 0 Å². The first-order valence-electron chi connectivity index (χ1n) is 15.6. The van der Waals surface area contributed by atoms with Gasteiger partial charge in [0.05, 0.1) is 30.0 Å². The molecule has 0 aliphatic rings. The van der Waals surface area contributed by atoms with Crippen molar-refractivity contribution in [2.75, 3.05) is 0 Å². The fraction of sp³-hybridized carbons (Fsp3) is 0.0465. The summed E-state index contributed by atoms with van der Waals surface area (Å²) >= 11 is 5.29. The van der Waals surface area contributed by atoms with Gasteiger partial charge in [-0.15, -0.1) is 34.9 Å². The molecule has 0 N–H and O–H groups in total. The van der Waals surface area contributed by atoms with Crippen molar-refractivity contribution in [2.45, 2.75) is 18.9 Å². The Morgan fingerprint density at radius 1 is 0.362 bits per heavy atom. The summed E-state index contributed by atoms with van der Waals surface area (Å²) < 4.78 is 2.03. The van der Waals surface area contributed by atoms with Gasteiger partial charge in [-0.25, -0.2) is 0 Å². The average Bonchev–Trinajstić information content (AvgIpc) is 3.15. The molecule has 7 aromatic rings. The van der Waals surface area contributed by atoms with E-state index in [1.165, 1.54) is 22.3 Å². The van der Waals surface area contributed by atoms with Gasteiger partial charge in [-0.2, -0.15) is 0 Å². The molecule has 7 rings (SSSR count). The summed E-state index contributed by atoms with van der Waals surface area (Å²) in [4.78, 5) is 15.1. The first kappa shape index (κ1) is 31.0. The van der Waals surface area contributed by atoms with Crippen LogP contribution in [-0.2, 0) is 0 Å². The molecule has 6 aromatic carbocycles. The quantitative estimate of drug-likeness (QED) is 0.136. The van der Waals surface area contributed by atoms with Crippen LogP contribution in [0.2, 0.25) is 0 Å². The van der Waals surface area contributed by atoms with Crippen LogP contribution >= 0.6 is 34.9 Å².